The summed E-state index contributed by atoms with van der Waals surface area (Å²) in [7, 11) is 1.61. The second-order valence-electron chi connectivity index (χ2n) is 5.14. The summed E-state index contributed by atoms with van der Waals surface area (Å²) in [6.07, 6.45) is 0.850. The van der Waals surface area contributed by atoms with Gasteiger partial charge >= 0.3 is 0 Å². The van der Waals surface area contributed by atoms with Crippen LogP contribution in [0.1, 0.15) is 22.2 Å². The van der Waals surface area contributed by atoms with Gasteiger partial charge in [0, 0.05) is 11.3 Å². The Kier molecular flexibility index (Phi) is 4.86. The molecule has 1 N–H and O–H groups in total. The summed E-state index contributed by atoms with van der Waals surface area (Å²) in [6.45, 7) is 2.06. The Morgan fingerprint density at radius 2 is 1.92 bits per heavy atom. The minimum absolute atomic E-state index is 0.197. The van der Waals surface area contributed by atoms with Crippen LogP contribution in [0.2, 0.25) is 0 Å². The zero-order valence-electron chi connectivity index (χ0n) is 13.4. The molecule has 0 aliphatic carbocycles. The first kappa shape index (κ1) is 16.1. The largest absolute Gasteiger partial charge is 0.497 e. The van der Waals surface area contributed by atoms with Gasteiger partial charge in [-0.3, -0.25) is 4.79 Å². The number of para-hydroxylation sites is 1. The molecule has 0 saturated heterocycles. The number of methoxy groups -OCH3 is 1. The third-order valence-corrected chi connectivity index (χ3v) is 4.43. The molecule has 122 valence electrons. The van der Waals surface area contributed by atoms with Gasteiger partial charge in [-0.25, -0.2) is 0 Å². The highest BCUT2D eigenvalue weighted by Crippen LogP contribution is 2.27. The number of nitrogens with zero attached hydrogens (tertiary/aromatic N) is 2. The predicted octanol–water partition coefficient (Wildman–Crippen LogP) is 4.03. The molecule has 0 bridgehead atoms. The van der Waals surface area contributed by atoms with Gasteiger partial charge in [-0.2, -0.15) is 0 Å². The van der Waals surface area contributed by atoms with E-state index < -0.39 is 0 Å². The summed E-state index contributed by atoms with van der Waals surface area (Å²) >= 11 is 1.09. The molecule has 3 aromatic rings. The van der Waals surface area contributed by atoms with Gasteiger partial charge in [-0.05, 0) is 53.8 Å². The highest BCUT2D eigenvalue weighted by molar-refractivity contribution is 7.08. The number of amides is 1. The Balaban J connectivity index is 1.87. The Labute approximate surface area is 144 Å². The lowest BCUT2D eigenvalue weighted by atomic mass is 10.1. The van der Waals surface area contributed by atoms with Gasteiger partial charge in [0.15, 0.2) is 0 Å². The van der Waals surface area contributed by atoms with Crippen LogP contribution in [0.5, 0.6) is 5.75 Å². The van der Waals surface area contributed by atoms with Gasteiger partial charge < -0.3 is 10.1 Å². The second kappa shape index (κ2) is 7.23. The minimum Gasteiger partial charge on any atom is -0.497 e. The van der Waals surface area contributed by atoms with Crippen molar-refractivity contribution >= 4 is 23.1 Å². The fourth-order valence-corrected chi connectivity index (χ4v) is 2.99. The van der Waals surface area contributed by atoms with E-state index in [0.717, 1.165) is 40.5 Å². The number of nitrogens with one attached hydrogen (secondary N) is 1. The molecular formula is C18H17N3O2S. The number of hydrogen-bond acceptors (Lipinski definition) is 5. The van der Waals surface area contributed by atoms with Crippen LogP contribution in [0.3, 0.4) is 0 Å². The number of ether oxygens (including phenoxy) is 1. The van der Waals surface area contributed by atoms with E-state index in [1.54, 1.807) is 7.11 Å². The summed E-state index contributed by atoms with van der Waals surface area (Å²) in [5.74, 6) is 0.557. The minimum atomic E-state index is -0.197. The van der Waals surface area contributed by atoms with Gasteiger partial charge in [0.1, 0.15) is 16.3 Å². The van der Waals surface area contributed by atoms with Crippen molar-refractivity contribution in [1.29, 1.82) is 0 Å². The fourth-order valence-electron chi connectivity index (χ4n) is 2.41. The van der Waals surface area contributed by atoms with Crippen LogP contribution >= 0.6 is 11.5 Å². The molecule has 0 fully saturated rings. The van der Waals surface area contributed by atoms with Crippen LogP contribution < -0.4 is 10.1 Å². The van der Waals surface area contributed by atoms with Crippen molar-refractivity contribution < 1.29 is 9.53 Å². The molecular weight excluding hydrogens is 322 g/mol. The number of hydrogen-bond donors (Lipinski definition) is 1. The topological polar surface area (TPSA) is 64.1 Å². The van der Waals surface area contributed by atoms with Crippen LogP contribution in [0.25, 0.3) is 11.3 Å². The Hall–Kier alpha value is -2.73. The van der Waals surface area contributed by atoms with Gasteiger partial charge in [-0.1, -0.05) is 29.6 Å². The van der Waals surface area contributed by atoms with Gasteiger partial charge in [0.2, 0.25) is 0 Å². The summed E-state index contributed by atoms with van der Waals surface area (Å²) < 4.78 is 9.10. The average Bonchev–Trinajstić information content (AvgIpc) is 3.12. The van der Waals surface area contributed by atoms with E-state index in [2.05, 4.69) is 21.8 Å². The van der Waals surface area contributed by atoms with Crippen molar-refractivity contribution in [2.45, 2.75) is 13.3 Å². The first-order valence-corrected chi connectivity index (χ1v) is 8.36. The SMILES string of the molecule is CCc1ccccc1NC(=O)c1snnc1-c1ccc(OC)cc1. The molecule has 1 aromatic heterocycles. The van der Waals surface area contributed by atoms with E-state index in [0.29, 0.717) is 10.6 Å². The van der Waals surface area contributed by atoms with Crippen molar-refractivity contribution in [1.82, 2.24) is 9.59 Å². The number of carbonyl (C=O) groups excluding carboxylic acids is 1. The lowest BCUT2D eigenvalue weighted by Gasteiger charge is -2.09. The number of aryl methyl sites for hydroxylation is 1. The lowest BCUT2D eigenvalue weighted by molar-refractivity contribution is 0.103. The number of rotatable bonds is 5. The third-order valence-electron chi connectivity index (χ3n) is 3.70. The van der Waals surface area contributed by atoms with E-state index in [-0.39, 0.29) is 5.91 Å². The molecule has 0 radical (unpaired) electrons. The first-order valence-electron chi connectivity index (χ1n) is 7.59. The Morgan fingerprint density at radius 3 is 2.62 bits per heavy atom. The van der Waals surface area contributed by atoms with E-state index in [9.17, 15) is 4.79 Å². The molecule has 0 saturated carbocycles. The molecule has 3 rings (SSSR count). The average molecular weight is 339 g/mol. The van der Waals surface area contributed by atoms with Crippen LogP contribution in [-0.4, -0.2) is 22.6 Å². The van der Waals surface area contributed by atoms with Crippen molar-refractivity contribution in [3.8, 4) is 17.0 Å². The van der Waals surface area contributed by atoms with E-state index in [4.69, 9.17) is 4.74 Å². The summed E-state index contributed by atoms with van der Waals surface area (Å²) in [6, 6.07) is 15.2. The van der Waals surface area contributed by atoms with Crippen molar-refractivity contribution in [3.05, 3.63) is 59.0 Å². The molecule has 0 unspecified atom stereocenters. The molecule has 5 nitrogen and oxygen atoms in total. The third kappa shape index (κ3) is 3.28. The van der Waals surface area contributed by atoms with Crippen molar-refractivity contribution in [2.24, 2.45) is 0 Å². The molecule has 2 aromatic carbocycles. The van der Waals surface area contributed by atoms with Gasteiger partial charge in [0.05, 0.1) is 7.11 Å². The monoisotopic (exact) mass is 339 g/mol. The molecule has 24 heavy (non-hydrogen) atoms. The van der Waals surface area contributed by atoms with Crippen LogP contribution in [0.15, 0.2) is 48.5 Å². The zero-order valence-corrected chi connectivity index (χ0v) is 14.3. The van der Waals surface area contributed by atoms with Crippen molar-refractivity contribution in [3.63, 3.8) is 0 Å². The summed E-state index contributed by atoms with van der Waals surface area (Å²) in [5, 5.41) is 7.08. The predicted molar refractivity (Wildman–Crippen MR) is 95.7 cm³/mol. The molecule has 0 spiro atoms. The van der Waals surface area contributed by atoms with Gasteiger partial charge in [-0.15, -0.1) is 5.10 Å². The Bertz CT molecular complexity index is 843. The summed E-state index contributed by atoms with van der Waals surface area (Å²) in [4.78, 5) is 13.1. The van der Waals surface area contributed by atoms with E-state index >= 15 is 0 Å². The van der Waals surface area contributed by atoms with E-state index in [1.165, 1.54) is 0 Å². The lowest BCUT2D eigenvalue weighted by Crippen LogP contribution is -2.12. The normalized spacial score (nSPS) is 10.4. The smallest absolute Gasteiger partial charge is 0.269 e. The maximum atomic E-state index is 12.7. The quantitative estimate of drug-likeness (QED) is 0.762. The maximum Gasteiger partial charge on any atom is 0.269 e. The molecule has 6 heteroatoms. The summed E-state index contributed by atoms with van der Waals surface area (Å²) in [5.41, 5.74) is 3.32. The van der Waals surface area contributed by atoms with Crippen LogP contribution in [0.4, 0.5) is 5.69 Å². The standard InChI is InChI=1S/C18H17N3O2S/c1-3-12-6-4-5-7-15(12)19-18(22)17-16(20-21-24-17)13-8-10-14(23-2)11-9-13/h4-11H,3H2,1-2H3,(H,19,22). The van der Waals surface area contributed by atoms with E-state index in [1.807, 2.05) is 48.5 Å². The van der Waals surface area contributed by atoms with Crippen LogP contribution in [0, 0.1) is 0 Å². The second-order valence-corrected chi connectivity index (χ2v) is 5.90. The highest BCUT2D eigenvalue weighted by Gasteiger charge is 2.18. The maximum absolute atomic E-state index is 12.7. The molecule has 0 aliphatic rings. The molecule has 1 heterocycles. The number of carbonyl (C=O) groups is 1. The van der Waals surface area contributed by atoms with Crippen molar-refractivity contribution in [2.75, 3.05) is 12.4 Å². The first-order chi connectivity index (χ1) is 11.7. The molecule has 1 amide bonds. The van der Waals surface area contributed by atoms with Gasteiger partial charge in [0.25, 0.3) is 5.91 Å². The molecule has 0 aliphatic heterocycles. The molecule has 0 atom stereocenters. The fraction of sp³-hybridized carbons (Fsp3) is 0.167. The zero-order chi connectivity index (χ0) is 16.9. The Morgan fingerprint density at radius 1 is 1.17 bits per heavy atom. The number of aromatic nitrogens is 2. The number of anilines is 1. The van der Waals surface area contributed by atoms with Crippen LogP contribution in [-0.2, 0) is 6.42 Å². The number of benzene rings is 2. The highest BCUT2D eigenvalue weighted by atomic mass is 32.1.